The van der Waals surface area contributed by atoms with Gasteiger partial charge in [0.25, 0.3) is 0 Å². The van der Waals surface area contributed by atoms with E-state index in [2.05, 4.69) is 31.9 Å². The van der Waals surface area contributed by atoms with Gasteiger partial charge >= 0.3 is 0 Å². The van der Waals surface area contributed by atoms with Crippen LogP contribution in [0.2, 0.25) is 0 Å². The molecule has 0 radical (unpaired) electrons. The zero-order valence-electron chi connectivity index (χ0n) is 17.5. The predicted octanol–water partition coefficient (Wildman–Crippen LogP) is 2.76. The number of hydrogen-bond acceptors (Lipinski definition) is 5. The number of aromatic nitrogens is 3. The number of aromatic amines is 1. The Morgan fingerprint density at radius 3 is 2.57 bits per heavy atom. The van der Waals surface area contributed by atoms with Gasteiger partial charge in [0.15, 0.2) is 0 Å². The van der Waals surface area contributed by atoms with Crippen molar-refractivity contribution in [3.63, 3.8) is 0 Å². The lowest BCUT2D eigenvalue weighted by Gasteiger charge is -2.35. The van der Waals surface area contributed by atoms with Gasteiger partial charge < -0.3 is 19.7 Å². The van der Waals surface area contributed by atoms with Gasteiger partial charge in [0.2, 0.25) is 11.9 Å². The van der Waals surface area contributed by atoms with Crippen molar-refractivity contribution >= 4 is 28.6 Å². The summed E-state index contributed by atoms with van der Waals surface area (Å²) in [5, 5.41) is 1.13. The summed E-state index contributed by atoms with van der Waals surface area (Å²) in [4.78, 5) is 32.2. The van der Waals surface area contributed by atoms with Crippen LogP contribution in [0.3, 0.4) is 0 Å². The number of aryl methyl sites for hydroxylation is 1. The van der Waals surface area contributed by atoms with E-state index in [1.807, 2.05) is 36.2 Å². The van der Waals surface area contributed by atoms with Gasteiger partial charge in [-0.25, -0.2) is 4.98 Å². The smallest absolute Gasteiger partial charge is 0.227 e. The van der Waals surface area contributed by atoms with Crippen molar-refractivity contribution < 1.29 is 4.79 Å². The monoisotopic (exact) mass is 404 g/mol. The minimum Gasteiger partial charge on any atom is -0.361 e. The lowest BCUT2D eigenvalue weighted by Crippen LogP contribution is -2.49. The molecule has 0 aliphatic carbocycles. The first-order valence-corrected chi connectivity index (χ1v) is 10.9. The number of carbonyl (C=O) groups is 1. The zero-order valence-corrected chi connectivity index (χ0v) is 17.5. The second-order valence-electron chi connectivity index (χ2n) is 8.27. The number of hydrogen-bond donors (Lipinski definition) is 1. The van der Waals surface area contributed by atoms with Crippen molar-refractivity contribution in [2.45, 2.75) is 26.2 Å². The number of para-hydroxylation sites is 1. The highest BCUT2D eigenvalue weighted by atomic mass is 16.2. The maximum Gasteiger partial charge on any atom is 0.227 e. The van der Waals surface area contributed by atoms with Crippen molar-refractivity contribution in [1.29, 1.82) is 0 Å². The summed E-state index contributed by atoms with van der Waals surface area (Å²) in [7, 11) is 0. The molecule has 2 aromatic heterocycles. The Morgan fingerprint density at radius 2 is 1.77 bits per heavy atom. The van der Waals surface area contributed by atoms with Crippen LogP contribution in [0.15, 0.2) is 36.5 Å². The third-order valence-corrected chi connectivity index (χ3v) is 6.19. The van der Waals surface area contributed by atoms with E-state index in [9.17, 15) is 4.79 Å². The number of anilines is 2. The molecule has 2 aliphatic heterocycles. The quantitative estimate of drug-likeness (QED) is 0.724. The second kappa shape index (κ2) is 7.97. The van der Waals surface area contributed by atoms with Crippen LogP contribution in [0.4, 0.5) is 11.8 Å². The standard InChI is InChI=1S/C23H28N6O/c1-17-14-21(27-8-4-5-9-27)26-23(25-17)29-12-10-28(11-13-29)22(30)15-18-16-24-20-7-3-2-6-19(18)20/h2-3,6-7,14,16,24H,4-5,8-13,15H2,1H3. The molecular weight excluding hydrogens is 376 g/mol. The van der Waals surface area contributed by atoms with Crippen molar-refractivity contribution in [2.24, 2.45) is 0 Å². The van der Waals surface area contributed by atoms with E-state index in [0.29, 0.717) is 19.5 Å². The number of H-pyrrole nitrogens is 1. The van der Waals surface area contributed by atoms with Crippen LogP contribution >= 0.6 is 0 Å². The van der Waals surface area contributed by atoms with Gasteiger partial charge in [-0.3, -0.25) is 4.79 Å². The van der Waals surface area contributed by atoms with Crippen LogP contribution in [0, 0.1) is 6.92 Å². The fourth-order valence-corrected chi connectivity index (χ4v) is 4.49. The van der Waals surface area contributed by atoms with Gasteiger partial charge in [0.05, 0.1) is 6.42 Å². The molecule has 5 rings (SSSR count). The van der Waals surface area contributed by atoms with E-state index < -0.39 is 0 Å². The van der Waals surface area contributed by atoms with Crippen LogP contribution in [0.25, 0.3) is 10.9 Å². The maximum atomic E-state index is 12.9. The number of piperazine rings is 1. The molecule has 1 aromatic carbocycles. The number of nitrogens with one attached hydrogen (secondary N) is 1. The summed E-state index contributed by atoms with van der Waals surface area (Å²) in [5.74, 6) is 2.01. The van der Waals surface area contributed by atoms with E-state index in [-0.39, 0.29) is 5.91 Å². The molecule has 0 atom stereocenters. The lowest BCUT2D eigenvalue weighted by atomic mass is 10.1. The van der Waals surface area contributed by atoms with E-state index in [1.165, 1.54) is 12.8 Å². The van der Waals surface area contributed by atoms with E-state index in [4.69, 9.17) is 4.98 Å². The molecule has 156 valence electrons. The van der Waals surface area contributed by atoms with Crippen molar-refractivity contribution in [2.75, 3.05) is 49.1 Å². The van der Waals surface area contributed by atoms with E-state index >= 15 is 0 Å². The SMILES string of the molecule is Cc1cc(N2CCCC2)nc(N2CCN(C(=O)Cc3c[nH]c4ccccc34)CC2)n1. The number of amides is 1. The average Bonchev–Trinajstić information content (AvgIpc) is 3.44. The normalized spacial score (nSPS) is 17.2. The molecule has 1 amide bonds. The van der Waals surface area contributed by atoms with Gasteiger partial charge in [-0.2, -0.15) is 4.98 Å². The largest absolute Gasteiger partial charge is 0.361 e. The van der Waals surface area contributed by atoms with Crippen LogP contribution in [0.1, 0.15) is 24.1 Å². The molecule has 0 saturated carbocycles. The Bertz CT molecular complexity index is 1050. The van der Waals surface area contributed by atoms with Gasteiger partial charge in [-0.15, -0.1) is 0 Å². The van der Waals surface area contributed by atoms with Gasteiger partial charge in [0.1, 0.15) is 5.82 Å². The second-order valence-corrected chi connectivity index (χ2v) is 8.27. The molecule has 0 spiro atoms. The molecule has 7 heteroatoms. The van der Waals surface area contributed by atoms with Gasteiger partial charge in [0, 0.05) is 68.1 Å². The Labute approximate surface area is 176 Å². The Kier molecular flexibility index (Phi) is 5.02. The summed E-state index contributed by atoms with van der Waals surface area (Å²) >= 11 is 0. The predicted molar refractivity (Wildman–Crippen MR) is 119 cm³/mol. The van der Waals surface area contributed by atoms with E-state index in [1.54, 1.807) is 0 Å². The maximum absolute atomic E-state index is 12.9. The molecule has 2 saturated heterocycles. The third kappa shape index (κ3) is 3.72. The molecule has 2 fully saturated rings. The van der Waals surface area contributed by atoms with Gasteiger partial charge in [-0.1, -0.05) is 18.2 Å². The highest BCUT2D eigenvalue weighted by Crippen LogP contribution is 2.23. The topological polar surface area (TPSA) is 68.4 Å². The number of carbonyl (C=O) groups excluding carboxylic acids is 1. The summed E-state index contributed by atoms with van der Waals surface area (Å²) in [6.07, 6.45) is 4.86. The van der Waals surface area contributed by atoms with Gasteiger partial charge in [-0.05, 0) is 31.4 Å². The minimum atomic E-state index is 0.183. The van der Waals surface area contributed by atoms with Crippen LogP contribution in [-0.2, 0) is 11.2 Å². The van der Waals surface area contributed by atoms with Crippen LogP contribution < -0.4 is 9.80 Å². The molecule has 7 nitrogen and oxygen atoms in total. The molecule has 30 heavy (non-hydrogen) atoms. The first kappa shape index (κ1) is 18.9. The first-order chi connectivity index (χ1) is 14.7. The zero-order chi connectivity index (χ0) is 20.5. The first-order valence-electron chi connectivity index (χ1n) is 10.9. The average molecular weight is 405 g/mol. The number of nitrogens with zero attached hydrogens (tertiary/aromatic N) is 5. The Hall–Kier alpha value is -3.09. The number of benzene rings is 1. The summed E-state index contributed by atoms with van der Waals surface area (Å²) in [6, 6.07) is 10.2. The third-order valence-electron chi connectivity index (χ3n) is 6.19. The molecule has 1 N–H and O–H groups in total. The van der Waals surface area contributed by atoms with Crippen molar-refractivity contribution in [1.82, 2.24) is 19.9 Å². The lowest BCUT2D eigenvalue weighted by molar-refractivity contribution is -0.130. The fourth-order valence-electron chi connectivity index (χ4n) is 4.49. The molecule has 0 unspecified atom stereocenters. The molecular formula is C23H28N6O. The van der Waals surface area contributed by atoms with Crippen LogP contribution in [-0.4, -0.2) is 65.0 Å². The molecule has 0 bridgehead atoms. The van der Waals surface area contributed by atoms with Crippen LogP contribution in [0.5, 0.6) is 0 Å². The summed E-state index contributed by atoms with van der Waals surface area (Å²) in [6.45, 7) is 7.13. The number of fused-ring (bicyclic) bond motifs is 1. The molecule has 3 aromatic rings. The summed E-state index contributed by atoms with van der Waals surface area (Å²) < 4.78 is 0. The summed E-state index contributed by atoms with van der Waals surface area (Å²) in [5.41, 5.74) is 3.14. The fraction of sp³-hybridized carbons (Fsp3) is 0.435. The highest BCUT2D eigenvalue weighted by molar-refractivity contribution is 5.89. The van der Waals surface area contributed by atoms with E-state index in [0.717, 1.165) is 60.1 Å². The van der Waals surface area contributed by atoms with Crippen molar-refractivity contribution in [3.05, 3.63) is 47.8 Å². The Morgan fingerprint density at radius 1 is 1.00 bits per heavy atom. The highest BCUT2D eigenvalue weighted by Gasteiger charge is 2.24. The molecule has 2 aliphatic rings. The molecule has 4 heterocycles. The Balaban J connectivity index is 1.23. The minimum absolute atomic E-state index is 0.183. The number of rotatable bonds is 4. The van der Waals surface area contributed by atoms with Crippen molar-refractivity contribution in [3.8, 4) is 0 Å².